The topological polar surface area (TPSA) is 58.0 Å². The van der Waals surface area contributed by atoms with Crippen LogP contribution in [0.25, 0.3) is 22.2 Å². The third-order valence-electron chi connectivity index (χ3n) is 6.03. The van der Waals surface area contributed by atoms with Crippen LogP contribution in [-0.4, -0.2) is 33.1 Å². The van der Waals surface area contributed by atoms with Gasteiger partial charge in [-0.3, -0.25) is 9.88 Å². The predicted octanol–water partition coefficient (Wildman–Crippen LogP) is 4.90. The van der Waals surface area contributed by atoms with E-state index in [2.05, 4.69) is 57.6 Å². The molecule has 4 heterocycles. The summed E-state index contributed by atoms with van der Waals surface area (Å²) in [6, 6.07) is 14.8. The van der Waals surface area contributed by atoms with Gasteiger partial charge in [0.25, 0.3) is 0 Å². The lowest BCUT2D eigenvalue weighted by molar-refractivity contribution is 0.317. The fourth-order valence-corrected chi connectivity index (χ4v) is 4.60. The highest BCUT2D eigenvalue weighted by atomic mass is 16.5. The smallest absolute Gasteiger partial charge is 0.143 e. The van der Waals surface area contributed by atoms with Crippen LogP contribution >= 0.6 is 0 Å². The molecule has 1 aliphatic rings. The number of aromatic amines is 1. The van der Waals surface area contributed by atoms with Gasteiger partial charge in [0.2, 0.25) is 0 Å². The van der Waals surface area contributed by atoms with Crippen LogP contribution in [0.4, 0.5) is 0 Å². The molecule has 3 aromatic heterocycles. The number of likely N-dealkylation sites (tertiary alicyclic amines) is 1. The van der Waals surface area contributed by atoms with Crippen LogP contribution in [0.5, 0.6) is 0 Å². The van der Waals surface area contributed by atoms with Crippen molar-refractivity contribution >= 4 is 10.9 Å². The van der Waals surface area contributed by atoms with E-state index in [1.54, 1.807) is 0 Å². The average Bonchev–Trinajstić information content (AvgIpc) is 3.43. The molecule has 5 rings (SSSR count). The first-order valence-electron chi connectivity index (χ1n) is 10.3. The number of fused-ring (bicyclic) bond motifs is 1. The number of aromatic nitrogens is 3. The van der Waals surface area contributed by atoms with E-state index in [0.717, 1.165) is 54.5 Å². The maximum atomic E-state index is 5.32. The third-order valence-corrected chi connectivity index (χ3v) is 6.03. The number of aryl methyl sites for hydroxylation is 2. The van der Waals surface area contributed by atoms with Gasteiger partial charge in [0.15, 0.2) is 0 Å². The van der Waals surface area contributed by atoms with Crippen molar-refractivity contribution in [2.45, 2.75) is 33.2 Å². The number of hydrogen-bond acceptors (Lipinski definition) is 4. The van der Waals surface area contributed by atoms with Crippen molar-refractivity contribution in [2.75, 3.05) is 13.1 Å². The molecule has 0 aliphatic carbocycles. The Hall–Kier alpha value is -2.92. The Labute approximate surface area is 170 Å². The van der Waals surface area contributed by atoms with Crippen molar-refractivity contribution in [1.29, 1.82) is 0 Å². The monoisotopic (exact) mass is 386 g/mol. The van der Waals surface area contributed by atoms with Gasteiger partial charge >= 0.3 is 0 Å². The predicted molar refractivity (Wildman–Crippen MR) is 115 cm³/mol. The van der Waals surface area contributed by atoms with Crippen molar-refractivity contribution in [3.63, 3.8) is 0 Å². The van der Waals surface area contributed by atoms with E-state index in [-0.39, 0.29) is 0 Å². The lowest BCUT2D eigenvalue weighted by Crippen LogP contribution is -2.20. The van der Waals surface area contributed by atoms with Gasteiger partial charge in [-0.15, -0.1) is 0 Å². The van der Waals surface area contributed by atoms with Crippen LogP contribution in [0.1, 0.15) is 29.1 Å². The van der Waals surface area contributed by atoms with E-state index in [9.17, 15) is 0 Å². The highest BCUT2D eigenvalue weighted by molar-refractivity contribution is 5.82. The highest BCUT2D eigenvalue weighted by Crippen LogP contribution is 2.28. The van der Waals surface area contributed by atoms with Crippen LogP contribution in [0.2, 0.25) is 0 Å². The van der Waals surface area contributed by atoms with Crippen molar-refractivity contribution in [1.82, 2.24) is 20.0 Å². The largest absolute Gasteiger partial charge is 0.361 e. The van der Waals surface area contributed by atoms with Crippen molar-refractivity contribution in [3.8, 4) is 11.3 Å². The molecule has 1 atom stereocenters. The molecule has 0 unspecified atom stereocenters. The number of nitrogens with zero attached hydrogens (tertiary/aromatic N) is 3. The van der Waals surface area contributed by atoms with Crippen LogP contribution in [-0.2, 0) is 13.0 Å². The zero-order valence-electron chi connectivity index (χ0n) is 17.0. The maximum absolute atomic E-state index is 5.32. The summed E-state index contributed by atoms with van der Waals surface area (Å²) < 4.78 is 5.32. The summed E-state index contributed by atoms with van der Waals surface area (Å²) in [6.45, 7) is 7.19. The van der Waals surface area contributed by atoms with Gasteiger partial charge in [-0.25, -0.2) is 0 Å². The number of rotatable bonds is 5. The minimum Gasteiger partial charge on any atom is -0.361 e. The number of H-pyrrole nitrogens is 1. The maximum Gasteiger partial charge on any atom is 0.143 e. The van der Waals surface area contributed by atoms with Crippen molar-refractivity contribution in [3.05, 3.63) is 71.4 Å². The normalized spacial score (nSPS) is 17.4. The molecular formula is C24H26N4O. The van der Waals surface area contributed by atoms with Crippen LogP contribution in [0.3, 0.4) is 0 Å². The number of pyridine rings is 1. The third kappa shape index (κ3) is 3.58. The summed E-state index contributed by atoms with van der Waals surface area (Å²) in [6.07, 6.45) is 4.40. The molecule has 0 saturated carbocycles. The van der Waals surface area contributed by atoms with E-state index >= 15 is 0 Å². The quantitative estimate of drug-likeness (QED) is 0.530. The van der Waals surface area contributed by atoms with Crippen molar-refractivity contribution < 1.29 is 4.52 Å². The summed E-state index contributed by atoms with van der Waals surface area (Å²) in [4.78, 5) is 10.9. The van der Waals surface area contributed by atoms with Gasteiger partial charge in [0.1, 0.15) is 5.76 Å². The zero-order chi connectivity index (χ0) is 19.8. The van der Waals surface area contributed by atoms with Gasteiger partial charge in [-0.1, -0.05) is 29.4 Å². The Kier molecular flexibility index (Phi) is 4.68. The average molecular weight is 386 g/mol. The lowest BCUT2D eigenvalue weighted by Gasteiger charge is -2.15. The van der Waals surface area contributed by atoms with E-state index in [1.165, 1.54) is 22.9 Å². The number of benzene rings is 1. The summed E-state index contributed by atoms with van der Waals surface area (Å²) >= 11 is 0. The molecule has 1 saturated heterocycles. The minimum atomic E-state index is 0.646. The molecule has 5 nitrogen and oxygen atoms in total. The van der Waals surface area contributed by atoms with Crippen LogP contribution < -0.4 is 0 Å². The number of nitrogens with one attached hydrogen (secondary N) is 1. The van der Waals surface area contributed by atoms with Gasteiger partial charge in [-0.05, 0) is 62.9 Å². The Morgan fingerprint density at radius 3 is 2.90 bits per heavy atom. The second-order valence-electron chi connectivity index (χ2n) is 8.17. The first kappa shape index (κ1) is 18.1. The Morgan fingerprint density at radius 1 is 1.14 bits per heavy atom. The van der Waals surface area contributed by atoms with E-state index < -0.39 is 0 Å². The van der Waals surface area contributed by atoms with Crippen LogP contribution in [0.15, 0.2) is 53.2 Å². The molecular weight excluding hydrogens is 360 g/mol. The molecule has 1 aliphatic heterocycles. The summed E-state index contributed by atoms with van der Waals surface area (Å²) in [7, 11) is 0. The lowest BCUT2D eigenvalue weighted by atomic mass is 10.0. The molecule has 5 heteroatoms. The second kappa shape index (κ2) is 7.48. The molecule has 1 fully saturated rings. The van der Waals surface area contributed by atoms with E-state index in [1.807, 2.05) is 19.9 Å². The molecule has 4 aromatic rings. The molecule has 0 spiro atoms. The molecule has 0 amide bonds. The first-order valence-corrected chi connectivity index (χ1v) is 10.3. The summed E-state index contributed by atoms with van der Waals surface area (Å²) in [5, 5.41) is 5.41. The van der Waals surface area contributed by atoms with E-state index in [0.29, 0.717) is 5.92 Å². The fourth-order valence-electron chi connectivity index (χ4n) is 4.60. The molecule has 0 radical (unpaired) electrons. The number of hydrogen-bond donors (Lipinski definition) is 1. The first-order chi connectivity index (χ1) is 14.2. The molecule has 1 N–H and O–H groups in total. The molecule has 1 aromatic carbocycles. The van der Waals surface area contributed by atoms with Gasteiger partial charge in [0, 0.05) is 35.9 Å². The summed E-state index contributed by atoms with van der Waals surface area (Å²) in [5.74, 6) is 1.48. The van der Waals surface area contributed by atoms with E-state index in [4.69, 9.17) is 9.51 Å². The van der Waals surface area contributed by atoms with Gasteiger partial charge < -0.3 is 9.51 Å². The Bertz CT molecular complexity index is 1120. The van der Waals surface area contributed by atoms with Crippen molar-refractivity contribution in [2.24, 2.45) is 5.92 Å². The standard InChI is InChI=1S/C24H26N4O/c1-16-24(17(2)29-27-16)23-9-5-6-20(26-23)12-18-10-11-28(14-18)15-19-13-25-22-8-4-3-7-21(19)22/h3-9,13,18,25H,10-12,14-15H2,1-2H3/t18-/m1/s1. The Morgan fingerprint density at radius 2 is 2.03 bits per heavy atom. The Balaban J connectivity index is 1.26. The fraction of sp³-hybridized carbons (Fsp3) is 0.333. The SMILES string of the molecule is Cc1noc(C)c1-c1cccc(C[C@H]2CCN(Cc3c[nH]c4ccccc34)C2)n1. The van der Waals surface area contributed by atoms with Gasteiger partial charge in [-0.2, -0.15) is 0 Å². The molecule has 148 valence electrons. The highest BCUT2D eigenvalue weighted by Gasteiger charge is 2.24. The molecule has 29 heavy (non-hydrogen) atoms. The van der Waals surface area contributed by atoms with Crippen LogP contribution in [0, 0.1) is 19.8 Å². The number of para-hydroxylation sites is 1. The summed E-state index contributed by atoms with van der Waals surface area (Å²) in [5.41, 5.74) is 6.66. The molecule has 0 bridgehead atoms. The zero-order valence-corrected chi connectivity index (χ0v) is 17.0. The second-order valence-corrected chi connectivity index (χ2v) is 8.17. The minimum absolute atomic E-state index is 0.646. The van der Waals surface area contributed by atoms with Gasteiger partial charge in [0.05, 0.1) is 17.0 Å².